The van der Waals surface area contributed by atoms with E-state index in [1.54, 1.807) is 19.2 Å². The number of hydrogen-bond donors (Lipinski definition) is 8. The van der Waals surface area contributed by atoms with Gasteiger partial charge in [-0.15, -0.1) is 0 Å². The highest BCUT2D eigenvalue weighted by atomic mass is 16.6. The lowest BCUT2D eigenvalue weighted by atomic mass is 10.1. The maximum Gasteiger partial charge on any atom is 0.377 e. The van der Waals surface area contributed by atoms with E-state index in [0.29, 0.717) is 18.5 Å². The summed E-state index contributed by atoms with van der Waals surface area (Å²) in [6.45, 7) is 1.74. The number of anilines is 1. The van der Waals surface area contributed by atoms with Crippen LogP contribution in [0.25, 0.3) is 0 Å². The summed E-state index contributed by atoms with van der Waals surface area (Å²) in [5, 5.41) is 60.7. The van der Waals surface area contributed by atoms with Gasteiger partial charge in [0.15, 0.2) is 11.9 Å². The van der Waals surface area contributed by atoms with Crippen LogP contribution in [0.5, 0.6) is 11.5 Å². The molecule has 0 aliphatic carbocycles. The van der Waals surface area contributed by atoms with E-state index in [9.17, 15) is 19.8 Å². The molecule has 1 aliphatic heterocycles. The number of rotatable bonds is 11. The maximum absolute atomic E-state index is 10.5. The minimum absolute atomic E-state index is 0.0381. The molecule has 0 aromatic heterocycles. The van der Waals surface area contributed by atoms with Crippen molar-refractivity contribution in [2.24, 2.45) is 0 Å². The number of nitrogens with one attached hydrogen (secondary N) is 2. The third-order valence-electron chi connectivity index (χ3n) is 5.46. The summed E-state index contributed by atoms with van der Waals surface area (Å²) in [5.41, 5.74) is 2.07. The number of cyclic esters (lactones) is 1. The number of amides is 1. The number of methoxy groups -OCH3 is 1. The lowest BCUT2D eigenvalue weighted by Gasteiger charge is -2.18. The molecule has 202 valence electrons. The van der Waals surface area contributed by atoms with Crippen molar-refractivity contribution in [2.45, 2.75) is 37.7 Å². The van der Waals surface area contributed by atoms with Crippen molar-refractivity contribution in [1.29, 1.82) is 0 Å². The number of hydrogen-bond acceptors (Lipinski definition) is 11. The van der Waals surface area contributed by atoms with E-state index in [4.69, 9.17) is 25.2 Å². The molecule has 0 saturated heterocycles. The number of benzene rings is 2. The zero-order chi connectivity index (χ0) is 27.5. The van der Waals surface area contributed by atoms with E-state index in [0.717, 1.165) is 12.2 Å². The van der Waals surface area contributed by atoms with Gasteiger partial charge in [0.25, 0.3) is 0 Å². The normalized spacial score (nSPS) is 17.2. The third-order valence-corrected chi connectivity index (χ3v) is 5.46. The fraction of sp³-hybridized carbons (Fsp3) is 0.360. The molecule has 3 rings (SSSR count). The van der Waals surface area contributed by atoms with Crippen LogP contribution in [0, 0.1) is 0 Å². The number of aromatic hydroxyl groups is 1. The fourth-order valence-corrected chi connectivity index (χ4v) is 3.38. The quantitative estimate of drug-likeness (QED) is 0.119. The first-order valence-electron chi connectivity index (χ1n) is 11.3. The van der Waals surface area contributed by atoms with E-state index in [-0.39, 0.29) is 17.5 Å². The molecule has 2 aromatic rings. The van der Waals surface area contributed by atoms with Crippen molar-refractivity contribution in [3.63, 3.8) is 0 Å². The van der Waals surface area contributed by atoms with Crippen molar-refractivity contribution in [2.75, 3.05) is 25.6 Å². The van der Waals surface area contributed by atoms with Crippen molar-refractivity contribution < 1.29 is 49.7 Å². The molecule has 1 heterocycles. The number of phenols is 1. The summed E-state index contributed by atoms with van der Waals surface area (Å²) in [6.07, 6.45) is -2.21. The van der Waals surface area contributed by atoms with Crippen molar-refractivity contribution in [3.8, 4) is 11.5 Å². The number of aliphatic hydroxyl groups excluding tert-OH is 5. The minimum Gasteiger partial charge on any atom is -0.506 e. The molecule has 1 amide bonds. The molecule has 0 fully saturated rings. The van der Waals surface area contributed by atoms with Gasteiger partial charge in [0, 0.05) is 12.6 Å². The van der Waals surface area contributed by atoms with Crippen LogP contribution < -0.4 is 15.4 Å². The molecule has 12 heteroatoms. The molecule has 1 aliphatic rings. The number of carbonyl (C=O) groups is 2. The topological polar surface area (TPSA) is 198 Å². The number of esters is 1. The summed E-state index contributed by atoms with van der Waals surface area (Å²) in [4.78, 5) is 21.1. The monoisotopic (exact) mass is 520 g/mol. The second-order valence-electron chi connectivity index (χ2n) is 8.23. The van der Waals surface area contributed by atoms with Crippen LogP contribution in [-0.4, -0.2) is 81.5 Å². The molecular weight excluding hydrogens is 488 g/mol. The van der Waals surface area contributed by atoms with Crippen LogP contribution in [0.4, 0.5) is 5.69 Å². The van der Waals surface area contributed by atoms with Gasteiger partial charge in [0.05, 0.1) is 25.5 Å². The SMILES string of the molecule is COc1ccc(CC(C)NCC(O)c2ccc(O)c(NC=O)c2)cc1.O=C1O[C@H]([C@@H](O)CO)C(O)=C1O. The van der Waals surface area contributed by atoms with Crippen molar-refractivity contribution >= 4 is 18.1 Å². The standard InChI is InChI=1S/C19H24N2O4.C6H8O6/c1-13(9-14-3-6-16(25-2)7-4-14)20-11-19(24)15-5-8-18(23)17(10-15)21-12-22;7-1-2(8)5-3(9)4(10)6(11)12-5/h3-8,10,12-13,19-20,23-24H,9,11H2,1-2H3,(H,21,22);2,5,7-10H,1H2/t;2-,5+/m.0/s1. The summed E-state index contributed by atoms with van der Waals surface area (Å²) in [5.74, 6) is -1.99. The van der Waals surface area contributed by atoms with Crippen LogP contribution in [0.2, 0.25) is 0 Å². The molecule has 0 spiro atoms. The Morgan fingerprint density at radius 1 is 1.11 bits per heavy atom. The Morgan fingerprint density at radius 2 is 1.78 bits per heavy atom. The average molecular weight is 521 g/mol. The lowest BCUT2D eigenvalue weighted by molar-refractivity contribution is -0.147. The van der Waals surface area contributed by atoms with Gasteiger partial charge in [-0.2, -0.15) is 0 Å². The van der Waals surface area contributed by atoms with Gasteiger partial charge in [-0.1, -0.05) is 18.2 Å². The average Bonchev–Trinajstić information content (AvgIpc) is 3.16. The predicted octanol–water partition coefficient (Wildman–Crippen LogP) is 0.816. The number of ether oxygens (including phenoxy) is 2. The highest BCUT2D eigenvalue weighted by Crippen LogP contribution is 2.26. The van der Waals surface area contributed by atoms with E-state index in [1.165, 1.54) is 11.6 Å². The van der Waals surface area contributed by atoms with Gasteiger partial charge in [-0.3, -0.25) is 4.79 Å². The molecular formula is C25H32N2O10. The van der Waals surface area contributed by atoms with Gasteiger partial charge >= 0.3 is 5.97 Å². The molecule has 0 radical (unpaired) electrons. The van der Waals surface area contributed by atoms with Crippen LogP contribution in [0.1, 0.15) is 24.2 Å². The van der Waals surface area contributed by atoms with Crippen LogP contribution in [-0.2, 0) is 20.7 Å². The Morgan fingerprint density at radius 3 is 2.32 bits per heavy atom. The van der Waals surface area contributed by atoms with E-state index < -0.39 is 42.4 Å². The molecule has 0 saturated carbocycles. The van der Waals surface area contributed by atoms with Crippen molar-refractivity contribution in [3.05, 3.63) is 65.1 Å². The number of carbonyl (C=O) groups excluding carboxylic acids is 2. The highest BCUT2D eigenvalue weighted by Gasteiger charge is 2.38. The third kappa shape index (κ3) is 8.36. The molecule has 8 N–H and O–H groups in total. The Hall–Kier alpha value is -3.84. The van der Waals surface area contributed by atoms with Crippen molar-refractivity contribution in [1.82, 2.24) is 5.32 Å². The summed E-state index contributed by atoms with van der Waals surface area (Å²) in [7, 11) is 1.64. The predicted molar refractivity (Wildman–Crippen MR) is 132 cm³/mol. The molecule has 0 bridgehead atoms. The maximum atomic E-state index is 10.5. The Balaban J connectivity index is 0.000000335. The van der Waals surface area contributed by atoms with Gasteiger partial charge < -0.3 is 50.7 Å². The first-order chi connectivity index (χ1) is 17.6. The lowest BCUT2D eigenvalue weighted by Crippen LogP contribution is -2.32. The van der Waals surface area contributed by atoms with Gasteiger partial charge in [-0.25, -0.2) is 4.79 Å². The second kappa shape index (κ2) is 14.0. The van der Waals surface area contributed by atoms with E-state index >= 15 is 0 Å². The van der Waals surface area contributed by atoms with Crippen LogP contribution >= 0.6 is 0 Å². The molecule has 2 unspecified atom stereocenters. The first kappa shape index (κ1) is 29.4. The molecule has 2 aromatic carbocycles. The fourth-order valence-electron chi connectivity index (χ4n) is 3.38. The first-order valence-corrected chi connectivity index (χ1v) is 11.3. The van der Waals surface area contributed by atoms with Crippen LogP contribution in [0.15, 0.2) is 54.0 Å². The molecule has 4 atom stereocenters. The summed E-state index contributed by atoms with van der Waals surface area (Å²) < 4.78 is 9.46. The summed E-state index contributed by atoms with van der Waals surface area (Å²) >= 11 is 0. The smallest absolute Gasteiger partial charge is 0.377 e. The highest BCUT2D eigenvalue weighted by molar-refractivity contribution is 5.89. The van der Waals surface area contributed by atoms with Gasteiger partial charge in [0.2, 0.25) is 12.2 Å². The number of phenolic OH excluding ortho intramolecular Hbond substituents is 1. The van der Waals surface area contributed by atoms with E-state index in [1.807, 2.05) is 31.2 Å². The Kier molecular flexibility index (Phi) is 11.2. The van der Waals surface area contributed by atoms with E-state index in [2.05, 4.69) is 15.4 Å². The number of aliphatic hydroxyl groups is 5. The zero-order valence-corrected chi connectivity index (χ0v) is 20.4. The Labute approximate surface area is 213 Å². The Bertz CT molecular complexity index is 1070. The van der Waals surface area contributed by atoms with Gasteiger partial charge in [0.1, 0.15) is 17.6 Å². The van der Waals surface area contributed by atoms with Crippen LogP contribution in [0.3, 0.4) is 0 Å². The molecule has 37 heavy (non-hydrogen) atoms. The molecule has 12 nitrogen and oxygen atoms in total. The summed E-state index contributed by atoms with van der Waals surface area (Å²) in [6, 6.07) is 12.7. The minimum atomic E-state index is -1.42. The zero-order valence-electron chi connectivity index (χ0n) is 20.4. The second-order valence-corrected chi connectivity index (χ2v) is 8.23. The van der Waals surface area contributed by atoms with Gasteiger partial charge in [-0.05, 0) is 48.7 Å². The largest absolute Gasteiger partial charge is 0.506 e.